The molecule has 4 unspecified atom stereocenters. The molecule has 5 heterocycles. The summed E-state index contributed by atoms with van der Waals surface area (Å²) < 4.78 is 89.4. The number of hydrogen-bond donors (Lipinski definition) is 6. The van der Waals surface area contributed by atoms with Crippen LogP contribution in [0.3, 0.4) is 0 Å². The highest BCUT2D eigenvalue weighted by Crippen LogP contribution is 2.43. The number of nitrogens with two attached hydrogens (primary N) is 3. The van der Waals surface area contributed by atoms with Gasteiger partial charge in [0.25, 0.3) is 5.56 Å². The molecule has 0 spiro atoms. The number of aliphatic hydroxyl groups is 1. The van der Waals surface area contributed by atoms with Gasteiger partial charge < -0.3 is 87.7 Å². The maximum absolute atomic E-state index is 12.7. The van der Waals surface area contributed by atoms with Crippen molar-refractivity contribution in [1.29, 1.82) is 0 Å². The SMILES string of the molecule is COc1ccc(C(OC[C@H]2O[C@@H](n3cc(C)c(=O)[nH]c3=O)CC2O)(c2ccccc2)c2ccc(OCCCNCC[Si]3O[Si]O[Si]4O[Si]5O[Si]O[Si](CCN)O[Si](CCN)(O5)O[Si](CCN)(O3)O4)cc2)cc1. The lowest BCUT2D eigenvalue weighted by atomic mass is 9.80. The Bertz CT molecular complexity index is 2450. The summed E-state index contributed by atoms with van der Waals surface area (Å²) in [6.07, 6.45) is -0.320. The van der Waals surface area contributed by atoms with Crippen LogP contribution < -0.4 is 43.2 Å². The lowest BCUT2D eigenvalue weighted by molar-refractivity contribution is -0.0944. The zero-order valence-electron chi connectivity index (χ0n) is 39.7. The largest absolute Gasteiger partial charge is 0.551 e. The predicted octanol–water partition coefficient (Wildman–Crippen LogP) is -0.155. The molecule has 23 nitrogen and oxygen atoms in total. The average Bonchev–Trinajstić information content (AvgIpc) is 3.73. The molecule has 9 N–H and O–H groups in total. The van der Waals surface area contributed by atoms with Crippen molar-refractivity contribution < 1.29 is 65.2 Å². The number of benzene rings is 3. The number of nitrogens with one attached hydrogen (secondary N) is 2. The first-order valence-corrected chi connectivity index (χ1v) is 34.3. The van der Waals surface area contributed by atoms with Crippen molar-refractivity contribution >= 4 is 75.2 Å². The lowest BCUT2D eigenvalue weighted by Gasteiger charge is -2.45. The second kappa shape index (κ2) is 26.2. The fraction of sp³-hybridized carbons (Fsp3) is 0.463. The van der Waals surface area contributed by atoms with E-state index in [9.17, 15) is 14.7 Å². The van der Waals surface area contributed by atoms with Crippen LogP contribution in [0.5, 0.6) is 11.5 Å². The molecule has 4 aliphatic rings. The van der Waals surface area contributed by atoms with E-state index in [-0.39, 0.29) is 48.2 Å². The van der Waals surface area contributed by atoms with E-state index in [0.717, 1.165) is 16.7 Å². The Morgan fingerprint density at radius 1 is 0.806 bits per heavy atom. The molecule has 4 aromatic rings. The molecule has 8 radical (unpaired) electrons. The molecular formula is C41H58N6O17Si8. The van der Waals surface area contributed by atoms with Gasteiger partial charge in [0, 0.05) is 42.4 Å². The number of aryl methyl sites for hydroxylation is 1. The van der Waals surface area contributed by atoms with Crippen LogP contribution >= 0.6 is 0 Å². The van der Waals surface area contributed by atoms with Crippen molar-refractivity contribution in [2.75, 3.05) is 53.0 Å². The van der Waals surface area contributed by atoms with Gasteiger partial charge in [-0.1, -0.05) is 54.6 Å². The maximum Gasteiger partial charge on any atom is 0.551 e. The molecule has 1 aromatic heterocycles. The van der Waals surface area contributed by atoms with Crippen molar-refractivity contribution in [2.45, 2.75) is 68.0 Å². The lowest BCUT2D eigenvalue weighted by Crippen LogP contribution is -2.70. The van der Waals surface area contributed by atoms with Gasteiger partial charge in [-0.05, 0) is 87.0 Å². The highest BCUT2D eigenvalue weighted by Gasteiger charge is 2.62. The van der Waals surface area contributed by atoms with Crippen LogP contribution in [0.2, 0.25) is 24.2 Å². The molecule has 8 rings (SSSR count). The highest BCUT2D eigenvalue weighted by molar-refractivity contribution is 6.87. The van der Waals surface area contributed by atoms with E-state index in [2.05, 4.69) is 10.3 Å². The third kappa shape index (κ3) is 13.7. The van der Waals surface area contributed by atoms with Crippen LogP contribution in [0.1, 0.15) is 41.3 Å². The molecule has 6 atom stereocenters. The van der Waals surface area contributed by atoms with E-state index < -0.39 is 101 Å². The maximum atomic E-state index is 12.7. The number of fused-ring (bicyclic) bond motifs is 4. The summed E-state index contributed by atoms with van der Waals surface area (Å²) >= 11 is 0. The van der Waals surface area contributed by atoms with Crippen molar-refractivity contribution in [1.82, 2.24) is 14.9 Å². The minimum atomic E-state index is -3.70. The molecule has 4 saturated heterocycles. The van der Waals surface area contributed by atoms with Gasteiger partial charge in [0.05, 0.1) is 26.4 Å². The van der Waals surface area contributed by atoms with Crippen LogP contribution in [-0.2, 0) is 56.2 Å². The molecule has 386 valence electrons. The molecule has 4 aliphatic heterocycles. The van der Waals surface area contributed by atoms with Gasteiger partial charge in [-0.25, -0.2) is 4.79 Å². The molecule has 3 aromatic carbocycles. The smallest absolute Gasteiger partial charge is 0.497 e. The third-order valence-corrected chi connectivity index (χ3v) is 31.2. The first-order valence-electron chi connectivity index (χ1n) is 23.3. The molecule has 0 saturated carbocycles. The topological polar surface area (TPSA) is 294 Å². The normalized spacial score (nSPS) is 25.6. The molecule has 4 bridgehead atoms. The third-order valence-electron chi connectivity index (χ3n) is 11.6. The van der Waals surface area contributed by atoms with E-state index in [4.69, 9.17) is 77.3 Å². The minimum Gasteiger partial charge on any atom is -0.497 e. The standard InChI is InChI=1S/C41H58N6O17Si8/c1-30-28-47(40(50)46-39(30)49)38-27-36(48)37(54-38)29-53-41(31-7-4-3-5-8-31,32-9-13-34(51-2)14-10-32)33-11-15-35(16-12-33)52-22-6-20-45-21-24-68-56-66-58-70-59-69-57-65-55-67(23-17-42)60-71(62-69,25-18-43)64-72(61-68,63-70)26-19-44/h3-5,7-16,28,36-38,45,48H,6,17-27,29,42-44H2,1-2H3,(H,46,49,50)/t36?,37-,38-,41?,71?,72?/m1/s1. The zero-order chi connectivity index (χ0) is 50.6. The predicted molar refractivity (Wildman–Crippen MR) is 269 cm³/mol. The van der Waals surface area contributed by atoms with Gasteiger partial charge in [0.2, 0.25) is 0 Å². The number of nitrogens with zero attached hydrogens (tertiary/aromatic N) is 1. The van der Waals surface area contributed by atoms with Crippen LogP contribution in [0.25, 0.3) is 0 Å². The first kappa shape index (κ1) is 55.2. The summed E-state index contributed by atoms with van der Waals surface area (Å²) in [5.41, 5.74) is 18.6. The number of rotatable bonds is 22. The Kier molecular flexibility index (Phi) is 20.1. The Morgan fingerprint density at radius 3 is 2.03 bits per heavy atom. The summed E-state index contributed by atoms with van der Waals surface area (Å²) in [7, 11) is -15.4. The number of aliphatic hydroxyl groups excluding tert-OH is 1. The van der Waals surface area contributed by atoms with Crippen molar-refractivity contribution in [2.24, 2.45) is 17.2 Å². The van der Waals surface area contributed by atoms with Gasteiger partial charge >= 0.3 is 80.9 Å². The van der Waals surface area contributed by atoms with Gasteiger partial charge in [-0.3, -0.25) is 14.3 Å². The van der Waals surface area contributed by atoms with E-state index >= 15 is 0 Å². The fourth-order valence-corrected chi connectivity index (χ4v) is 30.8. The summed E-state index contributed by atoms with van der Waals surface area (Å²) in [6.45, 7) is 3.93. The summed E-state index contributed by atoms with van der Waals surface area (Å²) in [4.78, 5) is 27.1. The zero-order valence-corrected chi connectivity index (χ0v) is 47.7. The number of aromatic amines is 1. The second-order valence-electron chi connectivity index (χ2n) is 16.6. The van der Waals surface area contributed by atoms with Gasteiger partial charge in [-0.15, -0.1) is 0 Å². The minimum absolute atomic E-state index is 0.0460. The molecular weight excluding hydrogens is 1070 g/mol. The summed E-state index contributed by atoms with van der Waals surface area (Å²) in [6, 6.07) is 26.6. The fourth-order valence-electron chi connectivity index (χ4n) is 8.16. The number of aromatic nitrogens is 2. The molecule has 0 amide bonds. The van der Waals surface area contributed by atoms with E-state index in [0.29, 0.717) is 61.8 Å². The molecule has 72 heavy (non-hydrogen) atoms. The second-order valence-corrected chi connectivity index (χ2v) is 32.4. The average molecular weight is 1130 g/mol. The highest BCUT2D eigenvalue weighted by atomic mass is 28.6. The number of hydrogen-bond acceptors (Lipinski definition) is 21. The van der Waals surface area contributed by atoms with Gasteiger partial charge in [-0.2, -0.15) is 0 Å². The van der Waals surface area contributed by atoms with Crippen molar-refractivity contribution in [3.63, 3.8) is 0 Å². The summed E-state index contributed by atoms with van der Waals surface area (Å²) in [5, 5.41) is 14.7. The molecule has 0 aliphatic carbocycles. The van der Waals surface area contributed by atoms with E-state index in [1.165, 1.54) is 10.8 Å². The quantitative estimate of drug-likeness (QED) is 0.0339. The van der Waals surface area contributed by atoms with Gasteiger partial charge in [0.1, 0.15) is 29.4 Å². The first-order chi connectivity index (χ1) is 35.0. The summed E-state index contributed by atoms with van der Waals surface area (Å²) in [5.74, 6) is 1.33. The Labute approximate surface area is 431 Å². The van der Waals surface area contributed by atoms with Crippen LogP contribution in [0, 0.1) is 6.92 Å². The number of ether oxygens (including phenoxy) is 4. The van der Waals surface area contributed by atoms with Crippen LogP contribution in [0.4, 0.5) is 0 Å². The Balaban J connectivity index is 0.898. The van der Waals surface area contributed by atoms with Crippen LogP contribution in [0.15, 0.2) is 94.6 Å². The number of H-pyrrole nitrogens is 1. The van der Waals surface area contributed by atoms with E-state index in [1.54, 1.807) is 14.0 Å². The molecule has 31 heteroatoms. The monoisotopic (exact) mass is 1130 g/mol. The van der Waals surface area contributed by atoms with E-state index in [1.807, 2.05) is 78.9 Å². The van der Waals surface area contributed by atoms with Crippen molar-refractivity contribution in [3.8, 4) is 11.5 Å². The van der Waals surface area contributed by atoms with Crippen LogP contribution in [-0.4, -0.2) is 155 Å². The van der Waals surface area contributed by atoms with Gasteiger partial charge in [0.15, 0.2) is 0 Å². The molecule has 4 fully saturated rings. The number of methoxy groups -OCH3 is 1. The Morgan fingerprint density at radius 2 is 1.42 bits per heavy atom. The van der Waals surface area contributed by atoms with Crippen molar-refractivity contribution in [3.05, 3.63) is 128 Å². The Hall–Kier alpha value is -3.00.